The van der Waals surface area contributed by atoms with E-state index in [4.69, 9.17) is 10.00 Å². The van der Waals surface area contributed by atoms with Crippen molar-refractivity contribution in [3.63, 3.8) is 0 Å². The Bertz CT molecular complexity index is 629. The van der Waals surface area contributed by atoms with E-state index in [0.29, 0.717) is 5.56 Å². The first-order chi connectivity index (χ1) is 9.74. The van der Waals surface area contributed by atoms with Crippen LogP contribution in [0.3, 0.4) is 0 Å². The standard InChI is InChI=1S/C17H18N2O/c1-13-7-8-16(15(11-13)12-18)19-10-9-14-5-3-4-6-17(14)20-2/h3-8,11,19H,9-10H2,1-2H3. The van der Waals surface area contributed by atoms with Gasteiger partial charge in [-0.1, -0.05) is 24.3 Å². The fraction of sp³-hybridized carbons (Fsp3) is 0.235. The predicted octanol–water partition coefficient (Wildman–Crippen LogP) is 3.53. The molecule has 0 aliphatic carbocycles. The van der Waals surface area contributed by atoms with Crippen molar-refractivity contribution in [1.29, 1.82) is 5.26 Å². The van der Waals surface area contributed by atoms with E-state index in [-0.39, 0.29) is 0 Å². The molecule has 0 spiro atoms. The van der Waals surface area contributed by atoms with Gasteiger partial charge in [0.25, 0.3) is 0 Å². The van der Waals surface area contributed by atoms with Crippen molar-refractivity contribution in [1.82, 2.24) is 0 Å². The predicted molar refractivity (Wildman–Crippen MR) is 81.1 cm³/mol. The maximum atomic E-state index is 9.13. The summed E-state index contributed by atoms with van der Waals surface area (Å²) in [4.78, 5) is 0. The fourth-order valence-electron chi connectivity index (χ4n) is 2.15. The smallest absolute Gasteiger partial charge is 0.122 e. The van der Waals surface area contributed by atoms with E-state index in [1.165, 1.54) is 0 Å². The number of nitrogens with one attached hydrogen (secondary N) is 1. The molecular weight excluding hydrogens is 248 g/mol. The third-order valence-corrected chi connectivity index (χ3v) is 3.20. The lowest BCUT2D eigenvalue weighted by Crippen LogP contribution is -2.07. The number of aryl methyl sites for hydroxylation is 1. The molecule has 2 rings (SSSR count). The average Bonchev–Trinajstić information content (AvgIpc) is 2.49. The fourth-order valence-corrected chi connectivity index (χ4v) is 2.15. The van der Waals surface area contributed by atoms with Gasteiger partial charge in [-0.2, -0.15) is 5.26 Å². The van der Waals surface area contributed by atoms with E-state index in [1.807, 2.05) is 43.3 Å². The van der Waals surface area contributed by atoms with Gasteiger partial charge >= 0.3 is 0 Å². The zero-order valence-corrected chi connectivity index (χ0v) is 11.8. The summed E-state index contributed by atoms with van der Waals surface area (Å²) in [6.07, 6.45) is 0.850. The van der Waals surface area contributed by atoms with Crippen molar-refractivity contribution in [3.8, 4) is 11.8 Å². The molecule has 0 aromatic heterocycles. The Morgan fingerprint density at radius 1 is 1.20 bits per heavy atom. The molecule has 0 saturated carbocycles. The minimum atomic E-state index is 0.685. The third kappa shape index (κ3) is 3.30. The van der Waals surface area contributed by atoms with E-state index < -0.39 is 0 Å². The number of nitriles is 1. The molecule has 20 heavy (non-hydrogen) atoms. The summed E-state index contributed by atoms with van der Waals surface area (Å²) in [5.74, 6) is 0.902. The van der Waals surface area contributed by atoms with Crippen LogP contribution in [0.15, 0.2) is 42.5 Å². The number of hydrogen-bond donors (Lipinski definition) is 1. The minimum absolute atomic E-state index is 0.685. The van der Waals surface area contributed by atoms with Crippen LogP contribution in [0.2, 0.25) is 0 Å². The molecule has 0 saturated heterocycles. The normalized spacial score (nSPS) is 9.85. The summed E-state index contributed by atoms with van der Waals surface area (Å²) < 4.78 is 5.33. The minimum Gasteiger partial charge on any atom is -0.496 e. The van der Waals surface area contributed by atoms with Crippen LogP contribution in [0.5, 0.6) is 5.75 Å². The van der Waals surface area contributed by atoms with Crippen LogP contribution in [-0.4, -0.2) is 13.7 Å². The molecule has 3 heteroatoms. The molecule has 3 nitrogen and oxygen atoms in total. The lowest BCUT2D eigenvalue weighted by Gasteiger charge is -2.11. The maximum Gasteiger partial charge on any atom is 0.122 e. The molecule has 2 aromatic carbocycles. The van der Waals surface area contributed by atoms with Crippen LogP contribution in [-0.2, 0) is 6.42 Å². The third-order valence-electron chi connectivity index (χ3n) is 3.20. The molecule has 1 N–H and O–H groups in total. The van der Waals surface area contributed by atoms with Gasteiger partial charge in [0.05, 0.1) is 18.4 Å². The molecular formula is C17H18N2O. The number of methoxy groups -OCH3 is 1. The SMILES string of the molecule is COc1ccccc1CCNc1ccc(C)cc1C#N. The Labute approximate surface area is 119 Å². The summed E-state index contributed by atoms with van der Waals surface area (Å²) in [5.41, 5.74) is 3.82. The number of para-hydroxylation sites is 1. The van der Waals surface area contributed by atoms with E-state index in [2.05, 4.69) is 17.5 Å². The topological polar surface area (TPSA) is 45.0 Å². The molecule has 0 radical (unpaired) electrons. The number of nitrogens with zero attached hydrogens (tertiary/aromatic N) is 1. The van der Waals surface area contributed by atoms with Crippen LogP contribution >= 0.6 is 0 Å². The summed E-state index contributed by atoms with van der Waals surface area (Å²) >= 11 is 0. The maximum absolute atomic E-state index is 9.13. The molecule has 0 fully saturated rings. The molecule has 0 aliphatic heterocycles. The second kappa shape index (κ2) is 6.63. The highest BCUT2D eigenvalue weighted by molar-refractivity contribution is 5.58. The highest BCUT2D eigenvalue weighted by atomic mass is 16.5. The van der Waals surface area contributed by atoms with Gasteiger partial charge in [-0.3, -0.25) is 0 Å². The lowest BCUT2D eigenvalue weighted by molar-refractivity contribution is 0.410. The van der Waals surface area contributed by atoms with Gasteiger partial charge in [0.15, 0.2) is 0 Å². The van der Waals surface area contributed by atoms with E-state index in [9.17, 15) is 0 Å². The Morgan fingerprint density at radius 2 is 2.00 bits per heavy atom. The first-order valence-corrected chi connectivity index (χ1v) is 6.61. The van der Waals surface area contributed by atoms with Gasteiger partial charge < -0.3 is 10.1 Å². The molecule has 0 atom stereocenters. The van der Waals surface area contributed by atoms with Crippen LogP contribution < -0.4 is 10.1 Å². The van der Waals surface area contributed by atoms with Crippen molar-refractivity contribution < 1.29 is 4.74 Å². The van der Waals surface area contributed by atoms with E-state index in [1.54, 1.807) is 7.11 Å². The number of rotatable bonds is 5. The van der Waals surface area contributed by atoms with Crippen molar-refractivity contribution >= 4 is 5.69 Å². The van der Waals surface area contributed by atoms with Gasteiger partial charge in [-0.05, 0) is 42.7 Å². The van der Waals surface area contributed by atoms with Gasteiger partial charge in [0, 0.05) is 6.54 Å². The highest BCUT2D eigenvalue weighted by Gasteiger charge is 2.04. The number of benzene rings is 2. The van der Waals surface area contributed by atoms with Crippen molar-refractivity contribution in [2.75, 3.05) is 19.0 Å². The van der Waals surface area contributed by atoms with Crippen molar-refractivity contribution in [3.05, 3.63) is 59.2 Å². The molecule has 0 heterocycles. The van der Waals surface area contributed by atoms with Crippen LogP contribution in [0.25, 0.3) is 0 Å². The number of ether oxygens (including phenoxy) is 1. The molecule has 102 valence electrons. The summed E-state index contributed by atoms with van der Waals surface area (Å²) in [7, 11) is 1.68. The molecule has 0 amide bonds. The molecule has 0 bridgehead atoms. The van der Waals surface area contributed by atoms with E-state index in [0.717, 1.165) is 35.5 Å². The monoisotopic (exact) mass is 266 g/mol. The zero-order chi connectivity index (χ0) is 14.4. The Kier molecular flexibility index (Phi) is 4.62. The molecule has 0 unspecified atom stereocenters. The molecule has 0 aliphatic rings. The first-order valence-electron chi connectivity index (χ1n) is 6.61. The van der Waals surface area contributed by atoms with Gasteiger partial charge in [-0.15, -0.1) is 0 Å². The van der Waals surface area contributed by atoms with E-state index >= 15 is 0 Å². The Balaban J connectivity index is 2.02. The van der Waals surface area contributed by atoms with Crippen LogP contribution in [0.4, 0.5) is 5.69 Å². The van der Waals surface area contributed by atoms with Gasteiger partial charge in [0.2, 0.25) is 0 Å². The second-order valence-corrected chi connectivity index (χ2v) is 4.65. The Hall–Kier alpha value is -2.47. The quantitative estimate of drug-likeness (QED) is 0.900. The van der Waals surface area contributed by atoms with Crippen LogP contribution in [0.1, 0.15) is 16.7 Å². The average molecular weight is 266 g/mol. The second-order valence-electron chi connectivity index (χ2n) is 4.65. The number of hydrogen-bond acceptors (Lipinski definition) is 3. The van der Waals surface area contributed by atoms with Crippen molar-refractivity contribution in [2.24, 2.45) is 0 Å². The lowest BCUT2D eigenvalue weighted by atomic mass is 10.1. The number of anilines is 1. The first kappa shape index (κ1) is 14.0. The zero-order valence-electron chi connectivity index (χ0n) is 11.8. The Morgan fingerprint density at radius 3 is 2.75 bits per heavy atom. The van der Waals surface area contributed by atoms with Crippen molar-refractivity contribution in [2.45, 2.75) is 13.3 Å². The van der Waals surface area contributed by atoms with Gasteiger partial charge in [-0.25, -0.2) is 0 Å². The molecule has 2 aromatic rings. The summed E-state index contributed by atoms with van der Waals surface area (Å²) in [5, 5.41) is 12.4. The largest absolute Gasteiger partial charge is 0.496 e. The van der Waals surface area contributed by atoms with Crippen LogP contribution in [0, 0.1) is 18.3 Å². The summed E-state index contributed by atoms with van der Waals surface area (Å²) in [6.45, 7) is 2.75. The summed E-state index contributed by atoms with van der Waals surface area (Å²) in [6, 6.07) is 16.1. The van der Waals surface area contributed by atoms with Gasteiger partial charge in [0.1, 0.15) is 11.8 Å². The highest BCUT2D eigenvalue weighted by Crippen LogP contribution is 2.19.